The van der Waals surface area contributed by atoms with Crippen molar-refractivity contribution >= 4 is 17.3 Å². The number of carbonyl (C=O) groups excluding carboxylic acids is 1. The first kappa shape index (κ1) is 15.4. The van der Waals surface area contributed by atoms with Crippen molar-refractivity contribution in [2.75, 3.05) is 7.11 Å². The van der Waals surface area contributed by atoms with Crippen molar-refractivity contribution in [3.8, 4) is 22.0 Å². The van der Waals surface area contributed by atoms with Gasteiger partial charge in [0.25, 0.3) is 0 Å². The molecule has 0 saturated heterocycles. The predicted octanol–water partition coefficient (Wildman–Crippen LogP) is 2.90. The van der Waals surface area contributed by atoms with Crippen molar-refractivity contribution in [1.82, 2.24) is 4.57 Å². The van der Waals surface area contributed by atoms with E-state index >= 15 is 0 Å². The fourth-order valence-electron chi connectivity index (χ4n) is 2.56. The number of nitrogens with zero attached hydrogens (tertiary/aromatic N) is 1. The van der Waals surface area contributed by atoms with Crippen LogP contribution in [0, 0.1) is 0 Å². The molecule has 0 atom stereocenters. The number of hydrogen-bond donors (Lipinski definition) is 0. The van der Waals surface area contributed by atoms with Crippen molar-refractivity contribution in [1.29, 1.82) is 0 Å². The van der Waals surface area contributed by atoms with Crippen LogP contribution in [-0.4, -0.2) is 17.6 Å². The molecule has 0 aliphatic carbocycles. The lowest BCUT2D eigenvalue weighted by atomic mass is 10.2. The molecule has 0 aliphatic heterocycles. The summed E-state index contributed by atoms with van der Waals surface area (Å²) in [5.41, 5.74) is 2.98. The molecule has 5 heteroatoms. The fourth-order valence-corrected chi connectivity index (χ4v) is 3.30. The predicted molar refractivity (Wildman–Crippen MR) is 89.0 cm³/mol. The van der Waals surface area contributed by atoms with Crippen LogP contribution in [0.1, 0.15) is 12.1 Å². The molecule has 3 rings (SSSR count). The Morgan fingerprint density at radius 2 is 1.96 bits per heavy atom. The van der Waals surface area contributed by atoms with Gasteiger partial charge in [0.05, 0.1) is 17.7 Å². The maximum absolute atomic E-state index is 10.8. The summed E-state index contributed by atoms with van der Waals surface area (Å²) in [5.74, 6) is -0.250. The molecule has 0 amide bonds. The van der Waals surface area contributed by atoms with E-state index in [-0.39, 0.29) is 6.42 Å². The molecule has 0 aliphatic rings. The second-order valence-corrected chi connectivity index (χ2v) is 6.04. The lowest BCUT2D eigenvalue weighted by Crippen LogP contribution is -2.22. The Morgan fingerprint density at radius 3 is 2.57 bits per heavy atom. The van der Waals surface area contributed by atoms with Gasteiger partial charge in [-0.3, -0.25) is 0 Å². The normalized spacial score (nSPS) is 10.7. The maximum Gasteiger partial charge on any atom is 0.119 e. The summed E-state index contributed by atoms with van der Waals surface area (Å²) < 4.78 is 7.30. The number of thiophene rings is 1. The van der Waals surface area contributed by atoms with E-state index in [2.05, 4.69) is 10.6 Å². The minimum atomic E-state index is -1.04. The van der Waals surface area contributed by atoms with E-state index in [4.69, 9.17) is 4.74 Å². The average molecular weight is 326 g/mol. The number of carboxylic acid groups (broad SMARTS) is 1. The average Bonchev–Trinajstić information content (AvgIpc) is 3.22. The molecule has 1 aromatic carbocycles. The van der Waals surface area contributed by atoms with Crippen LogP contribution in [0.2, 0.25) is 0 Å². The highest BCUT2D eigenvalue weighted by Gasteiger charge is 2.13. The molecule has 0 bridgehead atoms. The summed E-state index contributed by atoms with van der Waals surface area (Å²) in [6.45, 7) is 0. The number of ether oxygens (including phenoxy) is 1. The van der Waals surface area contributed by atoms with Gasteiger partial charge in [0.2, 0.25) is 0 Å². The van der Waals surface area contributed by atoms with Crippen molar-refractivity contribution in [3.63, 3.8) is 0 Å². The fraction of sp³-hybridized carbons (Fsp3) is 0.167. The molecule has 118 valence electrons. The van der Waals surface area contributed by atoms with Gasteiger partial charge in [-0.25, -0.2) is 0 Å². The number of hydrogen-bond acceptors (Lipinski definition) is 4. The van der Waals surface area contributed by atoms with Crippen molar-refractivity contribution in [2.45, 2.75) is 12.8 Å². The van der Waals surface area contributed by atoms with Crippen LogP contribution < -0.4 is 9.84 Å². The first-order valence-electron chi connectivity index (χ1n) is 7.28. The standard InChI is InChI=1S/C18H17NO3S/c1-22-15-8-4-13(5-9-15)19-14(7-11-18(20)21)6-10-16(19)17-3-2-12-23-17/h2-6,8-10,12H,7,11H2,1H3,(H,20,21)/p-1. The van der Waals surface area contributed by atoms with E-state index in [1.54, 1.807) is 18.4 Å². The molecule has 2 heterocycles. The molecular formula is C18H16NO3S-. The van der Waals surface area contributed by atoms with Crippen LogP contribution in [0.25, 0.3) is 16.3 Å². The first-order chi connectivity index (χ1) is 11.2. The Bertz CT molecular complexity index is 788. The molecule has 0 radical (unpaired) electrons. The number of methoxy groups -OCH3 is 1. The van der Waals surface area contributed by atoms with E-state index in [1.807, 2.05) is 47.8 Å². The quantitative estimate of drug-likeness (QED) is 0.700. The van der Waals surface area contributed by atoms with Gasteiger partial charge in [0.15, 0.2) is 0 Å². The number of rotatable bonds is 6. The van der Waals surface area contributed by atoms with E-state index < -0.39 is 5.97 Å². The summed E-state index contributed by atoms with van der Waals surface area (Å²) in [5, 5.41) is 12.8. The van der Waals surface area contributed by atoms with Crippen molar-refractivity contribution < 1.29 is 14.6 Å². The van der Waals surface area contributed by atoms with Gasteiger partial charge < -0.3 is 19.2 Å². The Labute approximate surface area is 138 Å². The van der Waals surface area contributed by atoms with Gasteiger partial charge in [-0.1, -0.05) is 6.07 Å². The third-order valence-corrected chi connectivity index (χ3v) is 4.54. The van der Waals surface area contributed by atoms with Crippen LogP contribution >= 0.6 is 11.3 Å². The zero-order valence-electron chi connectivity index (χ0n) is 12.7. The zero-order chi connectivity index (χ0) is 16.2. The molecule has 0 N–H and O–H groups in total. The minimum Gasteiger partial charge on any atom is -0.550 e. The SMILES string of the molecule is COc1ccc(-n2c(CCC(=O)[O-])ccc2-c2cccs2)cc1. The highest BCUT2D eigenvalue weighted by molar-refractivity contribution is 7.13. The highest BCUT2D eigenvalue weighted by atomic mass is 32.1. The number of carboxylic acids is 1. The number of aromatic nitrogens is 1. The largest absolute Gasteiger partial charge is 0.550 e. The Morgan fingerprint density at radius 1 is 1.17 bits per heavy atom. The highest BCUT2D eigenvalue weighted by Crippen LogP contribution is 2.31. The van der Waals surface area contributed by atoms with Crippen LogP contribution in [0.5, 0.6) is 5.75 Å². The first-order valence-corrected chi connectivity index (χ1v) is 8.16. The van der Waals surface area contributed by atoms with Crippen LogP contribution in [0.4, 0.5) is 0 Å². The van der Waals surface area contributed by atoms with E-state index in [0.717, 1.165) is 27.7 Å². The molecule has 2 aromatic heterocycles. The lowest BCUT2D eigenvalue weighted by molar-refractivity contribution is -0.305. The number of carbonyl (C=O) groups is 1. The molecule has 23 heavy (non-hydrogen) atoms. The Balaban J connectivity index is 2.06. The molecule has 0 unspecified atom stereocenters. The van der Waals surface area contributed by atoms with Crippen molar-refractivity contribution in [3.05, 3.63) is 59.6 Å². The van der Waals surface area contributed by atoms with Crippen LogP contribution in [0.15, 0.2) is 53.9 Å². The number of benzene rings is 1. The minimum absolute atomic E-state index is 0.00402. The Kier molecular flexibility index (Phi) is 4.48. The van der Waals surface area contributed by atoms with Gasteiger partial charge in [0, 0.05) is 17.4 Å². The smallest absolute Gasteiger partial charge is 0.119 e. The molecule has 0 fully saturated rings. The lowest BCUT2D eigenvalue weighted by Gasteiger charge is -2.14. The van der Waals surface area contributed by atoms with E-state index in [9.17, 15) is 9.90 Å². The van der Waals surface area contributed by atoms with Gasteiger partial charge in [0.1, 0.15) is 5.75 Å². The summed E-state index contributed by atoms with van der Waals surface area (Å²) >= 11 is 1.66. The summed E-state index contributed by atoms with van der Waals surface area (Å²) in [6, 6.07) is 15.8. The van der Waals surface area contributed by atoms with Gasteiger partial charge >= 0.3 is 0 Å². The second kappa shape index (κ2) is 6.71. The molecule has 0 spiro atoms. The molecule has 4 nitrogen and oxygen atoms in total. The van der Waals surface area contributed by atoms with Gasteiger partial charge in [-0.15, -0.1) is 11.3 Å². The third-order valence-electron chi connectivity index (χ3n) is 3.65. The van der Waals surface area contributed by atoms with Gasteiger partial charge in [-0.05, 0) is 60.7 Å². The second-order valence-electron chi connectivity index (χ2n) is 5.09. The summed E-state index contributed by atoms with van der Waals surface area (Å²) in [6.07, 6.45) is 0.434. The summed E-state index contributed by atoms with van der Waals surface area (Å²) in [4.78, 5) is 11.9. The number of aliphatic carboxylic acids is 1. The van der Waals surface area contributed by atoms with Gasteiger partial charge in [-0.2, -0.15) is 0 Å². The topological polar surface area (TPSA) is 54.3 Å². The monoisotopic (exact) mass is 326 g/mol. The van der Waals surface area contributed by atoms with Crippen LogP contribution in [0.3, 0.4) is 0 Å². The summed E-state index contributed by atoms with van der Waals surface area (Å²) in [7, 11) is 1.63. The Hall–Kier alpha value is -2.53. The molecular weight excluding hydrogens is 310 g/mol. The maximum atomic E-state index is 10.8. The molecule has 0 saturated carbocycles. The van der Waals surface area contributed by atoms with Crippen molar-refractivity contribution in [2.24, 2.45) is 0 Å². The molecule has 3 aromatic rings. The number of aryl methyl sites for hydroxylation is 1. The third kappa shape index (κ3) is 3.29. The zero-order valence-corrected chi connectivity index (χ0v) is 13.5. The van der Waals surface area contributed by atoms with Crippen LogP contribution in [-0.2, 0) is 11.2 Å². The van der Waals surface area contributed by atoms with E-state index in [1.165, 1.54) is 0 Å². The van der Waals surface area contributed by atoms with E-state index in [0.29, 0.717) is 6.42 Å².